The van der Waals surface area contributed by atoms with Crippen LogP contribution in [0.3, 0.4) is 0 Å². The van der Waals surface area contributed by atoms with Crippen LogP contribution in [0.1, 0.15) is 42.7 Å². The molecule has 1 aliphatic rings. The summed E-state index contributed by atoms with van der Waals surface area (Å²) < 4.78 is 0. The van der Waals surface area contributed by atoms with E-state index in [1.165, 1.54) is 0 Å². The summed E-state index contributed by atoms with van der Waals surface area (Å²) in [5.74, 6) is 0.621. The zero-order valence-corrected chi connectivity index (χ0v) is 9.07. The van der Waals surface area contributed by atoms with Crippen molar-refractivity contribution in [3.05, 3.63) is 29.3 Å². The maximum Gasteiger partial charge on any atom is 0.133 e. The van der Waals surface area contributed by atoms with Crippen LogP contribution in [0.25, 0.3) is 0 Å². The minimum absolute atomic E-state index is 0.288. The molecule has 1 aromatic rings. The van der Waals surface area contributed by atoms with Gasteiger partial charge in [-0.05, 0) is 36.5 Å². The van der Waals surface area contributed by atoms with Gasteiger partial charge in [0, 0.05) is 18.5 Å². The largest absolute Gasteiger partial charge is 0.398 e. The van der Waals surface area contributed by atoms with Crippen molar-refractivity contribution in [3.63, 3.8) is 0 Å². The number of carbonyl (C=O) groups is 1. The first-order chi connectivity index (χ1) is 7.70. The van der Waals surface area contributed by atoms with Crippen LogP contribution in [0, 0.1) is 11.3 Å². The number of carbonyl (C=O) groups excluding carboxylic acids is 1. The molecular formula is C13H14N2O. The van der Waals surface area contributed by atoms with Crippen molar-refractivity contribution in [2.24, 2.45) is 0 Å². The van der Waals surface area contributed by atoms with Gasteiger partial charge in [-0.2, -0.15) is 5.26 Å². The third-order valence-corrected chi connectivity index (χ3v) is 3.15. The molecule has 0 amide bonds. The molecule has 0 spiro atoms. The molecule has 1 atom stereocenters. The van der Waals surface area contributed by atoms with E-state index in [0.717, 1.165) is 18.4 Å². The Morgan fingerprint density at radius 3 is 2.88 bits per heavy atom. The fraction of sp³-hybridized carbons (Fsp3) is 0.385. The zero-order valence-electron chi connectivity index (χ0n) is 9.07. The lowest BCUT2D eigenvalue weighted by Gasteiger charge is -2.21. The van der Waals surface area contributed by atoms with Gasteiger partial charge >= 0.3 is 0 Å². The van der Waals surface area contributed by atoms with Gasteiger partial charge in [0.1, 0.15) is 11.9 Å². The first-order valence-electron chi connectivity index (χ1n) is 5.52. The number of nitriles is 1. The van der Waals surface area contributed by atoms with E-state index < -0.39 is 0 Å². The van der Waals surface area contributed by atoms with Gasteiger partial charge in [0.25, 0.3) is 0 Å². The van der Waals surface area contributed by atoms with Crippen LogP contribution in [0.5, 0.6) is 0 Å². The monoisotopic (exact) mass is 214 g/mol. The van der Waals surface area contributed by atoms with Gasteiger partial charge in [0.05, 0.1) is 5.56 Å². The molecule has 1 fully saturated rings. The molecule has 0 radical (unpaired) electrons. The minimum Gasteiger partial charge on any atom is -0.398 e. The summed E-state index contributed by atoms with van der Waals surface area (Å²) in [6.07, 6.45) is 3.33. The summed E-state index contributed by atoms with van der Waals surface area (Å²) in [4.78, 5) is 11.4. The number of benzene rings is 1. The van der Waals surface area contributed by atoms with Crippen molar-refractivity contribution in [1.29, 1.82) is 5.26 Å². The van der Waals surface area contributed by atoms with Crippen molar-refractivity contribution >= 4 is 11.5 Å². The molecule has 0 saturated heterocycles. The maximum atomic E-state index is 11.4. The molecule has 1 aliphatic carbocycles. The number of anilines is 1. The molecular weight excluding hydrogens is 200 g/mol. The zero-order chi connectivity index (χ0) is 11.5. The third kappa shape index (κ3) is 2.06. The van der Waals surface area contributed by atoms with Crippen LogP contribution >= 0.6 is 0 Å². The van der Waals surface area contributed by atoms with Gasteiger partial charge in [-0.15, -0.1) is 0 Å². The quantitative estimate of drug-likeness (QED) is 0.730. The van der Waals surface area contributed by atoms with E-state index in [-0.39, 0.29) is 5.92 Å². The van der Waals surface area contributed by atoms with E-state index in [1.54, 1.807) is 6.07 Å². The summed E-state index contributed by atoms with van der Waals surface area (Å²) in [6.45, 7) is 0. The van der Waals surface area contributed by atoms with E-state index in [2.05, 4.69) is 0 Å². The normalized spacial score (nSPS) is 20.4. The number of hydrogen-bond acceptors (Lipinski definition) is 3. The molecule has 2 N–H and O–H groups in total. The predicted molar refractivity (Wildman–Crippen MR) is 61.8 cm³/mol. The van der Waals surface area contributed by atoms with E-state index in [1.807, 2.05) is 18.2 Å². The van der Waals surface area contributed by atoms with E-state index in [0.29, 0.717) is 29.9 Å². The van der Waals surface area contributed by atoms with Crippen molar-refractivity contribution in [2.45, 2.75) is 31.6 Å². The molecule has 82 valence electrons. The molecule has 3 heteroatoms. The fourth-order valence-electron chi connectivity index (χ4n) is 2.25. The van der Waals surface area contributed by atoms with E-state index in [9.17, 15) is 4.79 Å². The van der Waals surface area contributed by atoms with Crippen molar-refractivity contribution in [1.82, 2.24) is 0 Å². The highest BCUT2D eigenvalue weighted by molar-refractivity contribution is 5.80. The summed E-state index contributed by atoms with van der Waals surface area (Å²) in [5, 5.41) is 8.78. The highest BCUT2D eigenvalue weighted by atomic mass is 16.1. The Hall–Kier alpha value is -1.82. The average molecular weight is 214 g/mol. The Morgan fingerprint density at radius 1 is 1.44 bits per heavy atom. The van der Waals surface area contributed by atoms with Crippen LogP contribution in [0.2, 0.25) is 0 Å². The molecule has 1 unspecified atom stereocenters. The van der Waals surface area contributed by atoms with Crippen molar-refractivity contribution in [3.8, 4) is 6.07 Å². The van der Waals surface area contributed by atoms with Gasteiger partial charge in [-0.1, -0.05) is 6.07 Å². The highest BCUT2D eigenvalue weighted by Crippen LogP contribution is 2.32. The lowest BCUT2D eigenvalue weighted by Crippen LogP contribution is -2.13. The lowest BCUT2D eigenvalue weighted by atomic mass is 9.83. The van der Waals surface area contributed by atoms with E-state index >= 15 is 0 Å². The summed E-state index contributed by atoms with van der Waals surface area (Å²) >= 11 is 0. The van der Waals surface area contributed by atoms with Crippen molar-refractivity contribution in [2.75, 3.05) is 5.73 Å². The smallest absolute Gasteiger partial charge is 0.133 e. The van der Waals surface area contributed by atoms with Gasteiger partial charge in [-0.25, -0.2) is 0 Å². The fourth-order valence-corrected chi connectivity index (χ4v) is 2.25. The van der Waals surface area contributed by atoms with Gasteiger partial charge in [0.2, 0.25) is 0 Å². The predicted octanol–water partition coefficient (Wildman–Crippen LogP) is 2.37. The molecule has 2 rings (SSSR count). The van der Waals surface area contributed by atoms with Gasteiger partial charge in [0.15, 0.2) is 0 Å². The lowest BCUT2D eigenvalue weighted by molar-refractivity contribution is -0.120. The van der Waals surface area contributed by atoms with Gasteiger partial charge in [-0.3, -0.25) is 4.79 Å². The number of rotatable bonds is 1. The molecule has 3 nitrogen and oxygen atoms in total. The Labute approximate surface area is 94.9 Å². The third-order valence-electron chi connectivity index (χ3n) is 3.15. The van der Waals surface area contributed by atoms with Crippen LogP contribution in [-0.2, 0) is 4.79 Å². The molecule has 0 aromatic heterocycles. The number of nitrogens with zero attached hydrogens (tertiary/aromatic N) is 1. The Balaban J connectivity index is 2.24. The summed E-state index contributed by atoms with van der Waals surface area (Å²) in [6, 6.07) is 7.53. The second-order valence-corrected chi connectivity index (χ2v) is 4.29. The topological polar surface area (TPSA) is 66.9 Å². The van der Waals surface area contributed by atoms with Crippen LogP contribution in [0.15, 0.2) is 18.2 Å². The van der Waals surface area contributed by atoms with Crippen LogP contribution < -0.4 is 5.73 Å². The van der Waals surface area contributed by atoms with Crippen LogP contribution in [0.4, 0.5) is 5.69 Å². The second-order valence-electron chi connectivity index (χ2n) is 4.29. The van der Waals surface area contributed by atoms with Crippen molar-refractivity contribution < 1.29 is 4.79 Å². The number of nitrogens with two attached hydrogens (primary N) is 1. The number of hydrogen-bond donors (Lipinski definition) is 1. The molecule has 0 aliphatic heterocycles. The minimum atomic E-state index is 0.288. The van der Waals surface area contributed by atoms with Crippen LogP contribution in [-0.4, -0.2) is 5.78 Å². The first kappa shape index (κ1) is 10.7. The second kappa shape index (κ2) is 4.36. The van der Waals surface area contributed by atoms with E-state index in [4.69, 9.17) is 11.0 Å². The SMILES string of the molecule is N#Cc1ccc(C2CCCC(=O)C2)cc1N. The molecule has 16 heavy (non-hydrogen) atoms. The Kier molecular flexibility index (Phi) is 2.91. The standard InChI is InChI=1S/C13H14N2O/c14-8-11-5-4-10(7-13(11)15)9-2-1-3-12(16)6-9/h4-5,7,9H,1-3,6,15H2. The first-order valence-corrected chi connectivity index (χ1v) is 5.52. The maximum absolute atomic E-state index is 11.4. The number of ketones is 1. The molecule has 1 saturated carbocycles. The Bertz CT molecular complexity index is 459. The molecule has 0 bridgehead atoms. The number of nitrogen functional groups attached to an aromatic ring is 1. The molecule has 1 aromatic carbocycles. The average Bonchev–Trinajstić information content (AvgIpc) is 2.29. The highest BCUT2D eigenvalue weighted by Gasteiger charge is 2.21. The molecule has 0 heterocycles. The van der Waals surface area contributed by atoms with Gasteiger partial charge < -0.3 is 5.73 Å². The Morgan fingerprint density at radius 2 is 2.25 bits per heavy atom. The number of Topliss-reactive ketones (excluding diaryl/α,β-unsaturated/α-hetero) is 1. The summed E-state index contributed by atoms with van der Waals surface area (Å²) in [7, 11) is 0. The summed E-state index contributed by atoms with van der Waals surface area (Å²) in [5.41, 5.74) is 7.87.